The lowest BCUT2D eigenvalue weighted by Gasteiger charge is -2.13. The summed E-state index contributed by atoms with van der Waals surface area (Å²) in [4.78, 5) is 11.9. The number of unbranched alkanes of at least 4 members (excludes halogenated alkanes) is 1. The highest BCUT2D eigenvalue weighted by Gasteiger charge is 2.17. The van der Waals surface area contributed by atoms with Crippen molar-refractivity contribution in [3.8, 4) is 17.2 Å². The molecule has 0 heterocycles. The lowest BCUT2D eigenvalue weighted by atomic mass is 10.2. The molecule has 2 aromatic carbocycles. The van der Waals surface area contributed by atoms with Crippen molar-refractivity contribution in [1.82, 2.24) is 0 Å². The van der Waals surface area contributed by atoms with Crippen LogP contribution in [0.3, 0.4) is 0 Å². The first kappa shape index (κ1) is 21.7. The van der Waals surface area contributed by atoms with Crippen LogP contribution in [0.5, 0.6) is 17.2 Å². The lowest BCUT2D eigenvalue weighted by Crippen LogP contribution is -2.14. The zero-order valence-electron chi connectivity index (χ0n) is 15.9. The van der Waals surface area contributed by atoms with Crippen LogP contribution in [0.4, 0.5) is 0 Å². The number of aryl methyl sites for hydroxylation is 1. The maximum atomic E-state index is 12.2. The largest absolute Gasteiger partial charge is 0.504 e. The van der Waals surface area contributed by atoms with Crippen LogP contribution in [0.2, 0.25) is 0 Å². The van der Waals surface area contributed by atoms with E-state index in [1.165, 1.54) is 30.3 Å². The van der Waals surface area contributed by atoms with Crippen molar-refractivity contribution in [3.63, 3.8) is 0 Å². The molecule has 2 rings (SSSR count). The standard InChI is InChI=1S/C20H24O7S/c1-3-4-11-19(22)27-20-17(21)9-6-10-18(20)25-12-13-26-28(23,24)16-8-5-7-15(2)14-16/h5-10,14,21H,3-4,11-13H2,1-2H3. The first-order chi connectivity index (χ1) is 13.3. The van der Waals surface area contributed by atoms with Crippen LogP contribution < -0.4 is 9.47 Å². The van der Waals surface area contributed by atoms with Gasteiger partial charge in [0.25, 0.3) is 10.1 Å². The van der Waals surface area contributed by atoms with Gasteiger partial charge < -0.3 is 14.6 Å². The van der Waals surface area contributed by atoms with Gasteiger partial charge in [0.05, 0.1) is 4.90 Å². The van der Waals surface area contributed by atoms with Crippen LogP contribution in [0, 0.1) is 6.92 Å². The molecule has 0 aliphatic rings. The summed E-state index contributed by atoms with van der Waals surface area (Å²) in [6.45, 7) is 3.38. The van der Waals surface area contributed by atoms with Crippen molar-refractivity contribution in [1.29, 1.82) is 0 Å². The number of aromatic hydroxyl groups is 1. The van der Waals surface area contributed by atoms with E-state index in [0.717, 1.165) is 12.0 Å². The Morgan fingerprint density at radius 1 is 1.11 bits per heavy atom. The number of phenols is 1. The number of para-hydroxylation sites is 1. The molecule has 0 amide bonds. The number of rotatable bonds is 10. The second-order valence-electron chi connectivity index (χ2n) is 6.12. The first-order valence-corrected chi connectivity index (χ1v) is 10.4. The molecule has 2 aromatic rings. The molecule has 7 nitrogen and oxygen atoms in total. The van der Waals surface area contributed by atoms with Crippen LogP contribution in [-0.4, -0.2) is 32.7 Å². The zero-order chi connectivity index (χ0) is 20.6. The molecule has 0 fully saturated rings. The van der Waals surface area contributed by atoms with Crippen molar-refractivity contribution in [2.24, 2.45) is 0 Å². The fourth-order valence-corrected chi connectivity index (χ4v) is 3.34. The highest BCUT2D eigenvalue weighted by Crippen LogP contribution is 2.36. The van der Waals surface area contributed by atoms with Crippen molar-refractivity contribution in [2.45, 2.75) is 38.0 Å². The SMILES string of the molecule is CCCCC(=O)Oc1c(O)cccc1OCCOS(=O)(=O)c1cccc(C)c1. The van der Waals surface area contributed by atoms with Crippen molar-refractivity contribution in [3.05, 3.63) is 48.0 Å². The molecule has 0 saturated heterocycles. The van der Waals surface area contributed by atoms with Crippen molar-refractivity contribution >= 4 is 16.1 Å². The molecular formula is C20H24O7S. The fourth-order valence-electron chi connectivity index (χ4n) is 2.34. The molecule has 0 unspecified atom stereocenters. The van der Waals surface area contributed by atoms with Gasteiger partial charge in [-0.25, -0.2) is 0 Å². The lowest BCUT2D eigenvalue weighted by molar-refractivity contribution is -0.134. The quantitative estimate of drug-likeness (QED) is 0.278. The molecule has 28 heavy (non-hydrogen) atoms. The minimum Gasteiger partial charge on any atom is -0.504 e. The number of phenolic OH excluding ortho intramolecular Hbond substituents is 1. The number of carbonyl (C=O) groups excluding carboxylic acids is 1. The molecule has 0 bridgehead atoms. The van der Waals surface area contributed by atoms with E-state index >= 15 is 0 Å². The third-order valence-corrected chi connectivity index (χ3v) is 5.07. The Kier molecular flexibility index (Phi) is 7.83. The Morgan fingerprint density at radius 3 is 2.57 bits per heavy atom. The van der Waals surface area contributed by atoms with Gasteiger partial charge in [-0.05, 0) is 43.2 Å². The Balaban J connectivity index is 1.96. The van der Waals surface area contributed by atoms with Gasteiger partial charge in [0.2, 0.25) is 5.75 Å². The van der Waals surface area contributed by atoms with E-state index in [2.05, 4.69) is 0 Å². The van der Waals surface area contributed by atoms with E-state index in [9.17, 15) is 18.3 Å². The second-order valence-corrected chi connectivity index (χ2v) is 7.74. The zero-order valence-corrected chi connectivity index (χ0v) is 16.7. The molecule has 0 spiro atoms. The van der Waals surface area contributed by atoms with E-state index < -0.39 is 16.1 Å². The summed E-state index contributed by atoms with van der Waals surface area (Å²) in [7, 11) is -3.90. The van der Waals surface area contributed by atoms with Crippen LogP contribution in [0.1, 0.15) is 31.7 Å². The van der Waals surface area contributed by atoms with Crippen molar-refractivity contribution in [2.75, 3.05) is 13.2 Å². The molecule has 0 aromatic heterocycles. The number of carbonyl (C=O) groups is 1. The maximum absolute atomic E-state index is 12.2. The smallest absolute Gasteiger partial charge is 0.311 e. The summed E-state index contributed by atoms with van der Waals surface area (Å²) in [6.07, 6.45) is 1.74. The van der Waals surface area contributed by atoms with E-state index in [1.54, 1.807) is 19.1 Å². The van der Waals surface area contributed by atoms with Gasteiger partial charge in [-0.2, -0.15) is 8.42 Å². The summed E-state index contributed by atoms with van der Waals surface area (Å²) in [5.74, 6) is -0.686. The fraction of sp³-hybridized carbons (Fsp3) is 0.350. The van der Waals surface area contributed by atoms with Gasteiger partial charge in [0.1, 0.15) is 13.2 Å². The first-order valence-electron chi connectivity index (χ1n) is 8.95. The molecule has 0 aliphatic carbocycles. The number of esters is 1. The maximum Gasteiger partial charge on any atom is 0.311 e. The predicted octanol–water partition coefficient (Wildman–Crippen LogP) is 3.58. The number of hydrogen-bond donors (Lipinski definition) is 1. The van der Waals surface area contributed by atoms with Gasteiger partial charge in [-0.1, -0.05) is 31.5 Å². The topological polar surface area (TPSA) is 99.1 Å². The highest BCUT2D eigenvalue weighted by molar-refractivity contribution is 7.86. The third kappa shape index (κ3) is 6.24. The summed E-state index contributed by atoms with van der Waals surface area (Å²) < 4.78 is 40.0. The van der Waals surface area contributed by atoms with E-state index in [0.29, 0.717) is 6.42 Å². The van der Waals surface area contributed by atoms with Crippen LogP contribution >= 0.6 is 0 Å². The molecule has 8 heteroatoms. The average molecular weight is 408 g/mol. The predicted molar refractivity (Wildman–Crippen MR) is 103 cm³/mol. The molecule has 1 N–H and O–H groups in total. The van der Waals surface area contributed by atoms with E-state index in [4.69, 9.17) is 13.7 Å². The Bertz CT molecular complexity index is 907. The van der Waals surface area contributed by atoms with E-state index in [1.807, 2.05) is 6.92 Å². The van der Waals surface area contributed by atoms with Gasteiger partial charge in [0.15, 0.2) is 11.5 Å². The molecule has 0 saturated carbocycles. The number of ether oxygens (including phenoxy) is 2. The molecule has 0 aliphatic heterocycles. The van der Waals surface area contributed by atoms with E-state index in [-0.39, 0.29) is 41.8 Å². The summed E-state index contributed by atoms with van der Waals surface area (Å²) in [5, 5.41) is 9.94. The van der Waals surface area contributed by atoms with Crippen LogP contribution in [0.15, 0.2) is 47.4 Å². The van der Waals surface area contributed by atoms with Crippen LogP contribution in [0.25, 0.3) is 0 Å². The van der Waals surface area contributed by atoms with Gasteiger partial charge in [-0.15, -0.1) is 0 Å². The summed E-state index contributed by atoms with van der Waals surface area (Å²) in [6, 6.07) is 10.8. The number of benzene rings is 2. The molecular weight excluding hydrogens is 384 g/mol. The minimum absolute atomic E-state index is 0.0652. The highest BCUT2D eigenvalue weighted by atomic mass is 32.2. The Labute approximate surface area is 165 Å². The Hall–Kier alpha value is -2.58. The Morgan fingerprint density at radius 2 is 1.86 bits per heavy atom. The third-order valence-electron chi connectivity index (χ3n) is 3.77. The van der Waals surface area contributed by atoms with Crippen molar-refractivity contribution < 1.29 is 32.0 Å². The monoisotopic (exact) mass is 408 g/mol. The van der Waals surface area contributed by atoms with Gasteiger partial charge in [-0.3, -0.25) is 8.98 Å². The second kappa shape index (κ2) is 10.1. The molecule has 0 atom stereocenters. The molecule has 0 radical (unpaired) electrons. The minimum atomic E-state index is -3.90. The normalized spacial score (nSPS) is 11.2. The van der Waals surface area contributed by atoms with Gasteiger partial charge in [0, 0.05) is 6.42 Å². The average Bonchev–Trinajstić information content (AvgIpc) is 2.66. The summed E-state index contributed by atoms with van der Waals surface area (Å²) >= 11 is 0. The summed E-state index contributed by atoms with van der Waals surface area (Å²) in [5.41, 5.74) is 0.801. The van der Waals surface area contributed by atoms with Gasteiger partial charge >= 0.3 is 5.97 Å². The number of hydrogen-bond acceptors (Lipinski definition) is 7. The van der Waals surface area contributed by atoms with Crippen LogP contribution in [-0.2, 0) is 19.1 Å². The molecule has 152 valence electrons.